The van der Waals surface area contributed by atoms with Crippen molar-refractivity contribution in [1.82, 2.24) is 4.31 Å². The number of sulfonamides is 1. The molecule has 21 heavy (non-hydrogen) atoms. The smallest absolute Gasteiger partial charge is 0.339 e. The zero-order chi connectivity index (χ0) is 15.6. The molecule has 6 nitrogen and oxygen atoms in total. The molecule has 2 fully saturated rings. The number of hydrogen-bond acceptors (Lipinski definition) is 4. The minimum absolute atomic E-state index is 0.272. The molecule has 1 aromatic carbocycles. The second-order valence-corrected chi connectivity index (χ2v) is 7.36. The van der Waals surface area contributed by atoms with Crippen LogP contribution in [0.3, 0.4) is 0 Å². The van der Waals surface area contributed by atoms with E-state index in [1.807, 2.05) is 0 Å². The van der Waals surface area contributed by atoms with Crippen molar-refractivity contribution in [2.24, 2.45) is 5.41 Å². The van der Waals surface area contributed by atoms with E-state index in [-0.39, 0.29) is 24.4 Å². The molecule has 114 valence electrons. The molecule has 1 aliphatic carbocycles. The molecule has 0 radical (unpaired) electrons. The summed E-state index contributed by atoms with van der Waals surface area (Å²) in [5, 5.41) is 18.2. The third kappa shape index (κ3) is 1.91. The van der Waals surface area contributed by atoms with Crippen molar-refractivity contribution in [2.45, 2.75) is 17.2 Å². The number of carboxylic acid groups (broad SMARTS) is 1. The lowest BCUT2D eigenvalue weighted by molar-refractivity contribution is 0.0108. The molecule has 3 rings (SSSR count). The van der Waals surface area contributed by atoms with Crippen LogP contribution >= 0.6 is 0 Å². The topological polar surface area (TPSA) is 94.9 Å². The van der Waals surface area contributed by atoms with Crippen molar-refractivity contribution in [3.63, 3.8) is 0 Å². The van der Waals surface area contributed by atoms with E-state index >= 15 is 0 Å². The highest BCUT2D eigenvalue weighted by Gasteiger charge is 2.77. The fraction of sp³-hybridized carbons (Fsp3) is 0.417. The quantitative estimate of drug-likeness (QED) is 0.870. The number of aromatic carboxylic acids is 1. The van der Waals surface area contributed by atoms with E-state index in [0.29, 0.717) is 0 Å². The Morgan fingerprint density at radius 3 is 2.33 bits per heavy atom. The first-order chi connectivity index (χ1) is 9.59. The van der Waals surface area contributed by atoms with Gasteiger partial charge >= 0.3 is 5.97 Å². The highest BCUT2D eigenvalue weighted by Crippen LogP contribution is 2.65. The second kappa shape index (κ2) is 3.92. The molecule has 2 aliphatic rings. The first kappa shape index (κ1) is 14.2. The van der Waals surface area contributed by atoms with Crippen molar-refractivity contribution in [2.75, 3.05) is 13.1 Å². The molecule has 0 amide bonds. The lowest BCUT2D eigenvalue weighted by Gasteiger charge is -2.38. The summed E-state index contributed by atoms with van der Waals surface area (Å²) in [5.74, 6) is -4.85. The van der Waals surface area contributed by atoms with Gasteiger partial charge in [-0.25, -0.2) is 22.0 Å². The summed E-state index contributed by atoms with van der Waals surface area (Å²) in [6.45, 7) is -0.544. The van der Waals surface area contributed by atoms with Gasteiger partial charge in [0.25, 0.3) is 5.92 Å². The Balaban J connectivity index is 1.87. The van der Waals surface area contributed by atoms with Gasteiger partial charge in [-0.05, 0) is 18.2 Å². The molecule has 1 saturated heterocycles. The lowest BCUT2D eigenvalue weighted by Crippen LogP contribution is -2.53. The summed E-state index contributed by atoms with van der Waals surface area (Å²) in [6, 6.07) is 2.83. The predicted octanol–water partition coefficient (Wildman–Crippen LogP) is 1.12. The van der Waals surface area contributed by atoms with Crippen LogP contribution in [0.2, 0.25) is 0 Å². The SMILES string of the molecule is O=C(O)c1cc(S(=O)(=O)N2CC3(C2)CC3(F)F)ccc1O. The summed E-state index contributed by atoms with van der Waals surface area (Å²) in [6.07, 6.45) is -0.317. The van der Waals surface area contributed by atoms with Crippen LogP contribution in [0, 0.1) is 5.41 Å². The normalized spacial score (nSPS) is 22.8. The van der Waals surface area contributed by atoms with Crippen molar-refractivity contribution >= 4 is 16.0 Å². The Morgan fingerprint density at radius 1 is 1.29 bits per heavy atom. The highest BCUT2D eigenvalue weighted by molar-refractivity contribution is 7.89. The number of hydrogen-bond donors (Lipinski definition) is 2. The molecule has 0 bridgehead atoms. The van der Waals surface area contributed by atoms with Crippen LogP contribution < -0.4 is 0 Å². The predicted molar refractivity (Wildman–Crippen MR) is 65.8 cm³/mol. The zero-order valence-electron chi connectivity index (χ0n) is 10.6. The Morgan fingerprint density at radius 2 is 1.86 bits per heavy atom. The molecule has 1 spiro atoms. The Bertz CT molecular complexity index is 740. The van der Waals surface area contributed by atoms with Crippen LogP contribution in [0.15, 0.2) is 23.1 Å². The Kier molecular flexibility index (Phi) is 2.65. The van der Waals surface area contributed by atoms with Gasteiger partial charge in [0.2, 0.25) is 10.0 Å². The van der Waals surface area contributed by atoms with Gasteiger partial charge in [0.1, 0.15) is 11.3 Å². The molecular weight excluding hydrogens is 308 g/mol. The summed E-state index contributed by atoms with van der Waals surface area (Å²) in [5.41, 5.74) is -1.80. The van der Waals surface area contributed by atoms with Crippen LogP contribution in [0.5, 0.6) is 5.75 Å². The van der Waals surface area contributed by atoms with Crippen LogP contribution in [0.4, 0.5) is 8.78 Å². The van der Waals surface area contributed by atoms with Crippen molar-refractivity contribution in [3.8, 4) is 5.75 Å². The van der Waals surface area contributed by atoms with E-state index < -0.39 is 38.6 Å². The molecule has 1 heterocycles. The molecular formula is C12H11F2NO5S. The number of alkyl halides is 2. The number of halogens is 2. The maximum atomic E-state index is 13.1. The number of nitrogens with zero attached hydrogens (tertiary/aromatic N) is 1. The molecule has 0 unspecified atom stereocenters. The average Bonchev–Trinajstić information content (AvgIpc) is 2.90. The van der Waals surface area contributed by atoms with Crippen LogP contribution in [-0.2, 0) is 10.0 Å². The maximum absolute atomic E-state index is 13.1. The fourth-order valence-electron chi connectivity index (χ4n) is 2.52. The van der Waals surface area contributed by atoms with E-state index in [9.17, 15) is 27.1 Å². The van der Waals surface area contributed by atoms with Gasteiger partial charge < -0.3 is 10.2 Å². The Hall–Kier alpha value is -1.74. The summed E-state index contributed by atoms with van der Waals surface area (Å²) >= 11 is 0. The highest BCUT2D eigenvalue weighted by atomic mass is 32.2. The molecule has 0 atom stereocenters. The monoisotopic (exact) mass is 319 g/mol. The third-order valence-corrected chi connectivity index (χ3v) is 5.79. The van der Waals surface area contributed by atoms with Crippen LogP contribution in [0.25, 0.3) is 0 Å². The first-order valence-electron chi connectivity index (χ1n) is 6.03. The van der Waals surface area contributed by atoms with E-state index in [1.165, 1.54) is 0 Å². The summed E-state index contributed by atoms with van der Waals surface area (Å²) < 4.78 is 51.5. The maximum Gasteiger partial charge on any atom is 0.339 e. The van der Waals surface area contributed by atoms with E-state index in [1.54, 1.807) is 0 Å². The van der Waals surface area contributed by atoms with E-state index in [2.05, 4.69) is 0 Å². The minimum Gasteiger partial charge on any atom is -0.507 e. The largest absolute Gasteiger partial charge is 0.507 e. The number of benzene rings is 1. The summed E-state index contributed by atoms with van der Waals surface area (Å²) in [4.78, 5) is 10.5. The van der Waals surface area contributed by atoms with Crippen molar-refractivity contribution in [3.05, 3.63) is 23.8 Å². The number of rotatable bonds is 3. The van der Waals surface area contributed by atoms with Crippen LogP contribution in [-0.4, -0.2) is 47.9 Å². The van der Waals surface area contributed by atoms with Crippen LogP contribution in [0.1, 0.15) is 16.8 Å². The van der Waals surface area contributed by atoms with Gasteiger partial charge in [0.15, 0.2) is 0 Å². The average molecular weight is 319 g/mol. The Labute approximate surface area is 118 Å². The minimum atomic E-state index is -4.03. The van der Waals surface area contributed by atoms with Crippen molar-refractivity contribution < 1.29 is 32.2 Å². The third-order valence-electron chi connectivity index (χ3n) is 4.01. The fourth-order valence-corrected chi connectivity index (χ4v) is 4.16. The van der Waals surface area contributed by atoms with E-state index in [0.717, 1.165) is 22.5 Å². The summed E-state index contributed by atoms with van der Waals surface area (Å²) in [7, 11) is -4.03. The molecule has 1 aromatic rings. The van der Waals surface area contributed by atoms with Gasteiger partial charge in [-0.1, -0.05) is 0 Å². The number of phenols is 1. The molecule has 1 aliphatic heterocycles. The number of aromatic hydroxyl groups is 1. The van der Waals surface area contributed by atoms with Gasteiger partial charge in [0, 0.05) is 19.5 Å². The van der Waals surface area contributed by atoms with Crippen molar-refractivity contribution in [1.29, 1.82) is 0 Å². The molecule has 0 aromatic heterocycles. The molecule has 1 saturated carbocycles. The van der Waals surface area contributed by atoms with Gasteiger partial charge in [-0.15, -0.1) is 0 Å². The molecule has 2 N–H and O–H groups in total. The first-order valence-corrected chi connectivity index (χ1v) is 7.47. The molecule has 9 heteroatoms. The van der Waals surface area contributed by atoms with Gasteiger partial charge in [0.05, 0.1) is 10.3 Å². The van der Waals surface area contributed by atoms with E-state index in [4.69, 9.17) is 5.11 Å². The number of carboxylic acids is 1. The lowest BCUT2D eigenvalue weighted by atomic mass is 10.00. The van der Waals surface area contributed by atoms with Gasteiger partial charge in [-0.3, -0.25) is 0 Å². The standard InChI is InChI=1S/C12H11F2NO5S/c13-12(14)4-11(12)5-15(6-11)21(19,20)7-1-2-9(16)8(3-7)10(17)18/h1-3,16H,4-6H2,(H,17,18). The number of carbonyl (C=O) groups is 1. The van der Waals surface area contributed by atoms with Gasteiger partial charge in [-0.2, -0.15) is 4.31 Å². The zero-order valence-corrected chi connectivity index (χ0v) is 11.4. The second-order valence-electron chi connectivity index (χ2n) is 5.42.